The Morgan fingerprint density at radius 3 is 1.43 bits per heavy atom. The summed E-state index contributed by atoms with van der Waals surface area (Å²) in [6.45, 7) is 2.18. The summed E-state index contributed by atoms with van der Waals surface area (Å²) in [7, 11) is 0. The number of hydrogen-bond acceptors (Lipinski definition) is 8. The topological polar surface area (TPSA) is 77.4 Å². The lowest BCUT2D eigenvalue weighted by Crippen LogP contribution is -2.15. The van der Waals surface area contributed by atoms with Crippen LogP contribution in [0.2, 0.25) is 0 Å². The average molecular weight is 634 g/mol. The second-order valence-electron chi connectivity index (χ2n) is 10.7. The molecule has 6 aromatic rings. The van der Waals surface area contributed by atoms with Gasteiger partial charge in [-0.2, -0.15) is 18.3 Å². The molecule has 228 valence electrons. The van der Waals surface area contributed by atoms with Gasteiger partial charge in [-0.3, -0.25) is 0 Å². The number of alkyl halides is 3. The second-order valence-corrected chi connectivity index (χ2v) is 11.8. The zero-order chi connectivity index (χ0) is 31.5. The first kappa shape index (κ1) is 29.4. The molecule has 11 heteroatoms. The van der Waals surface area contributed by atoms with Gasteiger partial charge in [0.15, 0.2) is 0 Å². The lowest BCUT2D eigenvalue weighted by atomic mass is 10.1. The zero-order valence-electron chi connectivity index (χ0n) is 24.4. The first-order chi connectivity index (χ1) is 22.4. The van der Waals surface area contributed by atoms with Gasteiger partial charge in [0.1, 0.15) is 5.00 Å². The van der Waals surface area contributed by atoms with E-state index >= 15 is 0 Å². The van der Waals surface area contributed by atoms with E-state index < -0.39 is 11.7 Å². The molecule has 7 nitrogen and oxygen atoms in total. The Balaban J connectivity index is 1.14. The predicted molar refractivity (Wildman–Crippen MR) is 178 cm³/mol. The number of hydrogen-bond donors (Lipinski definition) is 0. The minimum absolute atomic E-state index is 0.318. The van der Waals surface area contributed by atoms with Crippen molar-refractivity contribution in [3.05, 3.63) is 115 Å². The molecule has 1 aromatic heterocycles. The lowest BCUT2D eigenvalue weighted by Gasteiger charge is -2.13. The van der Waals surface area contributed by atoms with Gasteiger partial charge in [0.2, 0.25) is 0 Å². The van der Waals surface area contributed by atoms with Gasteiger partial charge < -0.3 is 4.90 Å². The molecular weight excluding hydrogens is 607 g/mol. The Bertz CT molecular complexity index is 2110. The summed E-state index contributed by atoms with van der Waals surface area (Å²) in [6.07, 6.45) is -1.95. The molecule has 7 rings (SSSR count). The van der Waals surface area contributed by atoms with Crippen molar-refractivity contribution in [1.82, 2.24) is 0 Å². The van der Waals surface area contributed by atoms with Crippen molar-refractivity contribution < 1.29 is 13.2 Å². The molecular formula is C35H26F3N7S. The molecule has 5 aromatic carbocycles. The normalized spacial score (nSPS) is 14.2. The van der Waals surface area contributed by atoms with E-state index in [0.29, 0.717) is 22.7 Å². The highest BCUT2D eigenvalue weighted by molar-refractivity contribution is 7.19. The standard InChI is InChI=1S/C35H26F3N7S/c36-35(37,38)23-11-13-24(14-12-23)39-40-29-15-16-30(26-8-2-1-7-25(26)29)41-42-31-17-18-32(28-10-4-3-9-27(28)31)43-44-33-19-20-34(46-33)45-21-5-6-22-45/h1-4,7-20H,5-6,21-22H2. The predicted octanol–water partition coefficient (Wildman–Crippen LogP) is 12.9. The van der Waals surface area contributed by atoms with Gasteiger partial charge in [0, 0.05) is 34.6 Å². The molecule has 1 saturated heterocycles. The highest BCUT2D eigenvalue weighted by Gasteiger charge is 2.30. The summed E-state index contributed by atoms with van der Waals surface area (Å²) >= 11 is 1.65. The van der Waals surface area contributed by atoms with E-state index in [-0.39, 0.29) is 0 Å². The minimum atomic E-state index is -4.41. The molecule has 1 aliphatic heterocycles. The molecule has 0 bridgehead atoms. The fourth-order valence-electron chi connectivity index (χ4n) is 5.40. The molecule has 2 heterocycles. The minimum Gasteiger partial charge on any atom is -0.363 e. The molecule has 0 amide bonds. The van der Waals surface area contributed by atoms with Crippen LogP contribution in [0.15, 0.2) is 140 Å². The van der Waals surface area contributed by atoms with Crippen LogP contribution in [0.4, 0.5) is 51.6 Å². The van der Waals surface area contributed by atoms with E-state index in [0.717, 1.165) is 57.5 Å². The van der Waals surface area contributed by atoms with Crippen molar-refractivity contribution in [3.8, 4) is 0 Å². The number of anilines is 1. The fraction of sp³-hybridized carbons (Fsp3) is 0.143. The average Bonchev–Trinajstić information content (AvgIpc) is 3.79. The number of thiophene rings is 1. The zero-order valence-corrected chi connectivity index (χ0v) is 25.2. The summed E-state index contributed by atoms with van der Waals surface area (Å²) in [5.41, 5.74) is 2.23. The largest absolute Gasteiger partial charge is 0.416 e. The maximum absolute atomic E-state index is 12.9. The van der Waals surface area contributed by atoms with E-state index in [4.69, 9.17) is 0 Å². The molecule has 0 atom stereocenters. The highest BCUT2D eigenvalue weighted by Crippen LogP contribution is 2.40. The van der Waals surface area contributed by atoms with Crippen molar-refractivity contribution in [2.75, 3.05) is 18.0 Å². The second kappa shape index (κ2) is 12.6. The van der Waals surface area contributed by atoms with Crippen molar-refractivity contribution in [1.29, 1.82) is 0 Å². The third kappa shape index (κ3) is 6.27. The monoisotopic (exact) mass is 633 g/mol. The van der Waals surface area contributed by atoms with Gasteiger partial charge in [-0.05, 0) is 73.5 Å². The molecule has 0 radical (unpaired) electrons. The fourth-order valence-corrected chi connectivity index (χ4v) is 6.28. The SMILES string of the molecule is FC(F)(F)c1ccc(N=Nc2ccc(N=Nc3ccc(N=Nc4ccc(N5CCCC5)s4)c4ccccc34)c3ccccc23)cc1. The van der Waals surface area contributed by atoms with Crippen LogP contribution in [-0.4, -0.2) is 13.1 Å². The quantitative estimate of drug-likeness (QED) is 0.161. The number of fused-ring (bicyclic) bond motifs is 2. The molecule has 0 unspecified atom stereocenters. The van der Waals surface area contributed by atoms with Crippen LogP contribution in [0.5, 0.6) is 0 Å². The molecule has 1 aliphatic rings. The Hall–Kier alpha value is -5.29. The third-order valence-electron chi connectivity index (χ3n) is 7.74. The maximum atomic E-state index is 12.9. The number of rotatable bonds is 7. The molecule has 46 heavy (non-hydrogen) atoms. The summed E-state index contributed by atoms with van der Waals surface area (Å²) in [4.78, 5) is 2.39. The first-order valence-electron chi connectivity index (χ1n) is 14.7. The van der Waals surface area contributed by atoms with Crippen LogP contribution in [-0.2, 0) is 6.18 Å². The van der Waals surface area contributed by atoms with Gasteiger partial charge >= 0.3 is 6.18 Å². The van der Waals surface area contributed by atoms with Crippen molar-refractivity contribution in [2.24, 2.45) is 30.7 Å². The smallest absolute Gasteiger partial charge is 0.363 e. The van der Waals surface area contributed by atoms with Crippen molar-refractivity contribution in [3.63, 3.8) is 0 Å². The van der Waals surface area contributed by atoms with Crippen molar-refractivity contribution in [2.45, 2.75) is 19.0 Å². The van der Waals surface area contributed by atoms with Gasteiger partial charge in [-0.1, -0.05) is 59.9 Å². The highest BCUT2D eigenvalue weighted by atomic mass is 32.1. The molecule has 0 saturated carbocycles. The van der Waals surface area contributed by atoms with Crippen molar-refractivity contribution >= 4 is 71.3 Å². The van der Waals surface area contributed by atoms with Gasteiger partial charge in [-0.15, -0.1) is 25.6 Å². The summed E-state index contributed by atoms with van der Waals surface area (Å²) in [6, 6.07) is 31.5. The van der Waals surface area contributed by atoms with Crippen LogP contribution < -0.4 is 4.90 Å². The van der Waals surface area contributed by atoms with E-state index in [2.05, 4.69) is 41.7 Å². The molecule has 0 spiro atoms. The summed E-state index contributed by atoms with van der Waals surface area (Å²) < 4.78 is 38.7. The van der Waals surface area contributed by atoms with Crippen LogP contribution in [0.3, 0.4) is 0 Å². The van der Waals surface area contributed by atoms with E-state index in [1.165, 1.54) is 30.0 Å². The van der Waals surface area contributed by atoms with E-state index in [1.54, 1.807) is 23.5 Å². The summed E-state index contributed by atoms with van der Waals surface area (Å²) in [5, 5.41) is 32.3. The third-order valence-corrected chi connectivity index (χ3v) is 8.77. The van der Waals surface area contributed by atoms with Crippen LogP contribution in [0, 0.1) is 0 Å². The lowest BCUT2D eigenvalue weighted by molar-refractivity contribution is -0.137. The van der Waals surface area contributed by atoms with Crippen LogP contribution in [0.25, 0.3) is 21.5 Å². The van der Waals surface area contributed by atoms with Gasteiger partial charge in [0.05, 0.1) is 39.0 Å². The van der Waals surface area contributed by atoms with Gasteiger partial charge in [0.25, 0.3) is 0 Å². The van der Waals surface area contributed by atoms with Gasteiger partial charge in [-0.25, -0.2) is 0 Å². The molecule has 1 fully saturated rings. The molecule has 0 N–H and O–H groups in total. The molecule has 0 aliphatic carbocycles. The number of azo groups is 3. The van der Waals surface area contributed by atoms with Crippen LogP contribution in [0.1, 0.15) is 18.4 Å². The van der Waals surface area contributed by atoms with Crippen LogP contribution >= 0.6 is 11.3 Å². The Morgan fingerprint density at radius 2 is 0.957 bits per heavy atom. The Labute approximate surface area is 266 Å². The Morgan fingerprint density at radius 1 is 0.500 bits per heavy atom. The van der Waals surface area contributed by atoms with E-state index in [9.17, 15) is 13.2 Å². The maximum Gasteiger partial charge on any atom is 0.416 e. The number of benzene rings is 5. The first-order valence-corrected chi connectivity index (χ1v) is 15.5. The Kier molecular flexibility index (Phi) is 8.06. The number of nitrogens with zero attached hydrogens (tertiary/aromatic N) is 7. The summed E-state index contributed by atoms with van der Waals surface area (Å²) in [5.74, 6) is 0. The number of halogens is 3. The van der Waals surface area contributed by atoms with E-state index in [1.807, 2.05) is 66.7 Å².